The molecule has 1 aliphatic heterocycles. The Bertz CT molecular complexity index is 290. The van der Waals surface area contributed by atoms with Crippen LogP contribution in [0.1, 0.15) is 27.7 Å². The molecule has 1 rings (SSSR count). The number of hydrogen-bond acceptors (Lipinski definition) is 3. The molecule has 5 nitrogen and oxygen atoms in total. The average Bonchev–Trinajstić information content (AvgIpc) is 2.31. The topological polar surface area (TPSA) is 52.7 Å². The summed E-state index contributed by atoms with van der Waals surface area (Å²) in [4.78, 5) is 25.6. The summed E-state index contributed by atoms with van der Waals surface area (Å²) in [6.45, 7) is 11.2. The molecule has 19 heavy (non-hydrogen) atoms. The first-order valence-corrected chi connectivity index (χ1v) is 6.94. The monoisotopic (exact) mass is 271 g/mol. The molecule has 0 aromatic rings. The van der Waals surface area contributed by atoms with E-state index in [2.05, 4.69) is 19.2 Å². The summed E-state index contributed by atoms with van der Waals surface area (Å²) >= 11 is 0. The summed E-state index contributed by atoms with van der Waals surface area (Å²) < 4.78 is 0. The summed E-state index contributed by atoms with van der Waals surface area (Å²) in [6.07, 6.45) is 0. The van der Waals surface area contributed by atoms with Crippen molar-refractivity contribution in [3.8, 4) is 0 Å². The fourth-order valence-electron chi connectivity index (χ4n) is 1.38. The molecular weight excluding hydrogens is 242 g/mol. The van der Waals surface area contributed by atoms with Gasteiger partial charge in [0.15, 0.2) is 0 Å². The molecule has 1 aliphatic rings. The highest BCUT2D eigenvalue weighted by Gasteiger charge is 2.16. The molecule has 5 heteroatoms. The van der Waals surface area contributed by atoms with E-state index in [0.717, 1.165) is 19.6 Å². The lowest BCUT2D eigenvalue weighted by molar-refractivity contribution is -0.133. The molecule has 0 aliphatic carbocycles. The second-order valence-corrected chi connectivity index (χ2v) is 5.85. The summed E-state index contributed by atoms with van der Waals surface area (Å²) in [5, 5.41) is 2.84. The van der Waals surface area contributed by atoms with Gasteiger partial charge in [0, 0.05) is 32.6 Å². The van der Waals surface area contributed by atoms with Crippen LogP contribution in [-0.2, 0) is 9.59 Å². The number of amides is 2. The van der Waals surface area contributed by atoms with Crippen LogP contribution >= 0.6 is 0 Å². The fraction of sp³-hybridized carbons (Fsp3) is 0.857. The van der Waals surface area contributed by atoms with Gasteiger partial charge in [-0.3, -0.25) is 14.5 Å². The van der Waals surface area contributed by atoms with Crippen molar-refractivity contribution in [2.75, 3.05) is 40.3 Å². The first-order valence-electron chi connectivity index (χ1n) is 6.94. The van der Waals surface area contributed by atoms with Gasteiger partial charge in [-0.1, -0.05) is 27.7 Å². The van der Waals surface area contributed by atoms with Gasteiger partial charge in [-0.05, 0) is 13.0 Å². The van der Waals surface area contributed by atoms with Crippen molar-refractivity contribution in [3.05, 3.63) is 0 Å². The molecule has 0 aromatic heterocycles. The quantitative estimate of drug-likeness (QED) is 0.826. The van der Waals surface area contributed by atoms with Crippen molar-refractivity contribution >= 4 is 11.8 Å². The Hall–Kier alpha value is -1.10. The average molecular weight is 271 g/mol. The SMILES string of the molecule is CC(C)CNC(=O)C(C)C.CN1CCN(C)C(=O)C1. The van der Waals surface area contributed by atoms with Gasteiger partial charge >= 0.3 is 0 Å². The molecule has 0 radical (unpaired) electrons. The smallest absolute Gasteiger partial charge is 0.236 e. The second kappa shape index (κ2) is 8.91. The van der Waals surface area contributed by atoms with Crippen molar-refractivity contribution in [2.24, 2.45) is 11.8 Å². The maximum absolute atomic E-state index is 10.9. The number of nitrogens with zero attached hydrogens (tertiary/aromatic N) is 2. The lowest BCUT2D eigenvalue weighted by Crippen LogP contribution is -2.46. The van der Waals surface area contributed by atoms with E-state index < -0.39 is 0 Å². The third-order valence-corrected chi connectivity index (χ3v) is 2.86. The zero-order valence-corrected chi connectivity index (χ0v) is 13.2. The van der Waals surface area contributed by atoms with Crippen molar-refractivity contribution in [3.63, 3.8) is 0 Å². The third-order valence-electron chi connectivity index (χ3n) is 2.86. The van der Waals surface area contributed by atoms with E-state index in [-0.39, 0.29) is 17.7 Å². The molecule has 0 spiro atoms. The Balaban J connectivity index is 0.000000342. The molecule has 1 heterocycles. The van der Waals surface area contributed by atoms with Crippen molar-refractivity contribution in [1.29, 1.82) is 0 Å². The Morgan fingerprint density at radius 3 is 2.16 bits per heavy atom. The predicted octanol–water partition coefficient (Wildman–Crippen LogP) is 0.805. The zero-order valence-electron chi connectivity index (χ0n) is 13.2. The molecule has 2 amide bonds. The highest BCUT2D eigenvalue weighted by molar-refractivity contribution is 5.78. The maximum atomic E-state index is 10.9. The van der Waals surface area contributed by atoms with Crippen LogP contribution in [0, 0.1) is 11.8 Å². The standard InChI is InChI=1S/C8H17NO.C6H12N2O/c1-6(2)5-9-8(10)7(3)4;1-7-3-4-8(2)6(9)5-7/h6-7H,5H2,1-4H3,(H,9,10);3-5H2,1-2H3. The summed E-state index contributed by atoms with van der Waals surface area (Å²) in [6, 6.07) is 0. The van der Waals surface area contributed by atoms with Crippen LogP contribution in [0.5, 0.6) is 0 Å². The van der Waals surface area contributed by atoms with Gasteiger partial charge in [0.05, 0.1) is 6.54 Å². The van der Waals surface area contributed by atoms with Gasteiger partial charge in [-0.2, -0.15) is 0 Å². The number of carbonyl (C=O) groups excluding carboxylic acids is 2. The van der Waals surface area contributed by atoms with Crippen molar-refractivity contribution in [1.82, 2.24) is 15.1 Å². The Kier molecular flexibility index (Phi) is 8.39. The van der Waals surface area contributed by atoms with Gasteiger partial charge in [0.25, 0.3) is 0 Å². The van der Waals surface area contributed by atoms with Crippen LogP contribution < -0.4 is 5.32 Å². The normalized spacial score (nSPS) is 16.4. The fourth-order valence-corrected chi connectivity index (χ4v) is 1.38. The van der Waals surface area contributed by atoms with Crippen LogP contribution in [0.4, 0.5) is 0 Å². The number of rotatable bonds is 3. The summed E-state index contributed by atoms with van der Waals surface area (Å²) in [5.41, 5.74) is 0. The highest BCUT2D eigenvalue weighted by atomic mass is 16.2. The molecule has 0 unspecified atom stereocenters. The molecular formula is C14H29N3O2. The summed E-state index contributed by atoms with van der Waals surface area (Å²) in [7, 11) is 3.81. The highest BCUT2D eigenvalue weighted by Crippen LogP contribution is 1.96. The molecule has 0 atom stereocenters. The molecule has 0 aromatic carbocycles. The number of piperazine rings is 1. The molecule has 0 saturated carbocycles. The Labute approximate surface area is 117 Å². The lowest BCUT2D eigenvalue weighted by Gasteiger charge is -2.28. The van der Waals surface area contributed by atoms with Gasteiger partial charge in [0.2, 0.25) is 11.8 Å². The third kappa shape index (κ3) is 8.59. The number of likely N-dealkylation sites (N-methyl/N-ethyl adjacent to an activating group) is 2. The Morgan fingerprint density at radius 2 is 1.79 bits per heavy atom. The van der Waals surface area contributed by atoms with Crippen LogP contribution in [0.25, 0.3) is 0 Å². The number of hydrogen-bond donors (Lipinski definition) is 1. The first kappa shape index (κ1) is 17.9. The van der Waals surface area contributed by atoms with Crippen LogP contribution in [0.15, 0.2) is 0 Å². The minimum atomic E-state index is 0.110. The lowest BCUT2D eigenvalue weighted by atomic mass is 10.2. The largest absolute Gasteiger partial charge is 0.356 e. The molecule has 112 valence electrons. The van der Waals surface area contributed by atoms with Crippen molar-refractivity contribution < 1.29 is 9.59 Å². The van der Waals surface area contributed by atoms with Crippen LogP contribution in [0.2, 0.25) is 0 Å². The van der Waals surface area contributed by atoms with Gasteiger partial charge < -0.3 is 10.2 Å². The van der Waals surface area contributed by atoms with Gasteiger partial charge in [-0.15, -0.1) is 0 Å². The first-order chi connectivity index (χ1) is 8.73. The van der Waals surface area contributed by atoms with Crippen molar-refractivity contribution in [2.45, 2.75) is 27.7 Å². The van der Waals surface area contributed by atoms with E-state index in [4.69, 9.17) is 0 Å². The Morgan fingerprint density at radius 1 is 1.21 bits per heavy atom. The van der Waals surface area contributed by atoms with E-state index >= 15 is 0 Å². The predicted molar refractivity (Wildman–Crippen MR) is 77.8 cm³/mol. The minimum absolute atomic E-state index is 0.110. The van der Waals surface area contributed by atoms with E-state index in [9.17, 15) is 9.59 Å². The van der Waals surface area contributed by atoms with Gasteiger partial charge in [0.1, 0.15) is 0 Å². The van der Waals surface area contributed by atoms with Gasteiger partial charge in [-0.25, -0.2) is 0 Å². The molecule has 0 bridgehead atoms. The zero-order chi connectivity index (χ0) is 15.0. The van der Waals surface area contributed by atoms with Crippen LogP contribution in [0.3, 0.4) is 0 Å². The van der Waals surface area contributed by atoms with E-state index in [0.29, 0.717) is 12.5 Å². The number of nitrogens with one attached hydrogen (secondary N) is 1. The van der Waals surface area contributed by atoms with E-state index in [1.54, 1.807) is 4.90 Å². The maximum Gasteiger partial charge on any atom is 0.236 e. The molecule has 1 fully saturated rings. The van der Waals surface area contributed by atoms with E-state index in [1.165, 1.54) is 0 Å². The minimum Gasteiger partial charge on any atom is -0.356 e. The molecule has 1 saturated heterocycles. The second-order valence-electron chi connectivity index (χ2n) is 5.85. The van der Waals surface area contributed by atoms with Crippen LogP contribution in [-0.4, -0.2) is 61.9 Å². The van der Waals surface area contributed by atoms with E-state index in [1.807, 2.05) is 32.8 Å². The summed E-state index contributed by atoms with van der Waals surface area (Å²) in [5.74, 6) is 1.03. The number of carbonyl (C=O) groups is 2. The molecule has 1 N–H and O–H groups in total.